The fourth-order valence-corrected chi connectivity index (χ4v) is 3.37. The third kappa shape index (κ3) is 4.15. The molecule has 0 radical (unpaired) electrons. The van der Waals surface area contributed by atoms with E-state index in [9.17, 15) is 4.79 Å². The smallest absolute Gasteiger partial charge is 0.339 e. The van der Waals surface area contributed by atoms with Crippen LogP contribution in [-0.4, -0.2) is 7.11 Å². The Balaban J connectivity index is 2.11. The summed E-state index contributed by atoms with van der Waals surface area (Å²) in [4.78, 5) is 11.5. The van der Waals surface area contributed by atoms with E-state index >= 15 is 0 Å². The molecule has 0 fully saturated rings. The summed E-state index contributed by atoms with van der Waals surface area (Å²) in [6, 6.07) is 3.10. The molecule has 2 atom stereocenters. The zero-order valence-corrected chi connectivity index (χ0v) is 14.9. The molecule has 0 amide bonds. The molecule has 23 heavy (non-hydrogen) atoms. The van der Waals surface area contributed by atoms with Gasteiger partial charge in [0.15, 0.2) is 0 Å². The highest BCUT2D eigenvalue weighted by Crippen LogP contribution is 2.45. The van der Waals surface area contributed by atoms with Crippen LogP contribution in [0.2, 0.25) is 0 Å². The minimum Gasteiger partial charge on any atom is -0.496 e. The molecule has 2 rings (SSSR count). The molecule has 0 aromatic carbocycles. The lowest BCUT2D eigenvalue weighted by atomic mass is 9.65. The van der Waals surface area contributed by atoms with E-state index < -0.39 is 0 Å². The maximum Gasteiger partial charge on any atom is 0.339 e. The standard InChI is InChI=1S/C20H28O3/c1-14(11-18-12-17(22-5)13-19(21)23-18)9-10-20(4)15(2)7-6-8-16(20)3/h7,11-13,16H,6,8-10H2,1-5H3/t16-,20+/m1/s1. The lowest BCUT2D eigenvalue weighted by Crippen LogP contribution is -2.29. The summed E-state index contributed by atoms with van der Waals surface area (Å²) < 4.78 is 10.3. The lowest BCUT2D eigenvalue weighted by molar-refractivity contribution is 0.211. The first-order chi connectivity index (χ1) is 10.8. The summed E-state index contributed by atoms with van der Waals surface area (Å²) in [5.74, 6) is 1.79. The van der Waals surface area contributed by atoms with Gasteiger partial charge in [-0.3, -0.25) is 0 Å². The first kappa shape index (κ1) is 17.6. The second-order valence-electron chi connectivity index (χ2n) is 6.99. The highest BCUT2D eigenvalue weighted by Gasteiger charge is 2.34. The molecule has 0 N–H and O–H groups in total. The van der Waals surface area contributed by atoms with E-state index in [1.165, 1.54) is 30.1 Å². The zero-order chi connectivity index (χ0) is 17.0. The van der Waals surface area contributed by atoms with Crippen LogP contribution >= 0.6 is 0 Å². The van der Waals surface area contributed by atoms with Crippen molar-refractivity contribution in [1.82, 2.24) is 0 Å². The molecule has 0 aliphatic heterocycles. The number of methoxy groups -OCH3 is 1. The third-order valence-electron chi connectivity index (χ3n) is 5.46. The summed E-state index contributed by atoms with van der Waals surface area (Å²) >= 11 is 0. The maximum atomic E-state index is 11.5. The molecule has 0 spiro atoms. The summed E-state index contributed by atoms with van der Waals surface area (Å²) in [6.45, 7) is 9.09. The number of hydrogen-bond donors (Lipinski definition) is 0. The van der Waals surface area contributed by atoms with Gasteiger partial charge in [-0.1, -0.05) is 31.1 Å². The Morgan fingerprint density at radius 3 is 2.87 bits per heavy atom. The molecule has 0 saturated carbocycles. The Kier molecular flexibility index (Phi) is 5.51. The van der Waals surface area contributed by atoms with Crippen molar-refractivity contribution in [2.75, 3.05) is 7.11 Å². The van der Waals surface area contributed by atoms with Crippen LogP contribution in [0.15, 0.2) is 38.6 Å². The molecule has 1 aromatic heterocycles. The number of rotatable bonds is 5. The zero-order valence-electron chi connectivity index (χ0n) is 14.9. The normalized spacial score (nSPS) is 25.2. The molecule has 0 unspecified atom stereocenters. The van der Waals surface area contributed by atoms with Gasteiger partial charge in [-0.05, 0) is 56.9 Å². The SMILES string of the molecule is COc1cc(C=C(C)CC[C@@]2(C)C(C)=CCC[C@H]2C)oc(=O)c1. The third-order valence-corrected chi connectivity index (χ3v) is 5.46. The van der Waals surface area contributed by atoms with Crippen LogP contribution in [0, 0.1) is 11.3 Å². The van der Waals surface area contributed by atoms with E-state index in [-0.39, 0.29) is 11.0 Å². The molecule has 0 bridgehead atoms. The monoisotopic (exact) mass is 316 g/mol. The predicted octanol–water partition coefficient (Wildman–Crippen LogP) is 5.21. The van der Waals surface area contributed by atoms with Crippen LogP contribution < -0.4 is 10.4 Å². The molecule has 1 heterocycles. The minimum atomic E-state index is -0.380. The van der Waals surface area contributed by atoms with E-state index in [2.05, 4.69) is 33.8 Å². The van der Waals surface area contributed by atoms with Crippen LogP contribution in [0.3, 0.4) is 0 Å². The summed E-state index contributed by atoms with van der Waals surface area (Å²) in [7, 11) is 1.55. The quantitative estimate of drug-likeness (QED) is 0.700. The number of allylic oxidation sites excluding steroid dienone is 3. The van der Waals surface area contributed by atoms with Gasteiger partial charge in [0.1, 0.15) is 11.5 Å². The van der Waals surface area contributed by atoms with Gasteiger partial charge in [-0.2, -0.15) is 0 Å². The Bertz CT molecular complexity index is 666. The summed E-state index contributed by atoms with van der Waals surface area (Å²) in [5.41, 5.74) is 2.61. The van der Waals surface area contributed by atoms with Gasteiger partial charge in [0.2, 0.25) is 0 Å². The second-order valence-corrected chi connectivity index (χ2v) is 6.99. The Labute approximate surface area is 139 Å². The molecule has 3 heteroatoms. The topological polar surface area (TPSA) is 39.4 Å². The molecule has 1 aliphatic rings. The molecule has 3 nitrogen and oxygen atoms in total. The van der Waals surface area contributed by atoms with Gasteiger partial charge >= 0.3 is 5.63 Å². The van der Waals surface area contributed by atoms with Crippen molar-refractivity contribution in [2.45, 2.75) is 53.4 Å². The fraction of sp³-hybridized carbons (Fsp3) is 0.550. The van der Waals surface area contributed by atoms with E-state index in [0.29, 0.717) is 17.4 Å². The van der Waals surface area contributed by atoms with Gasteiger partial charge in [0.05, 0.1) is 13.2 Å². The molecular formula is C20H28O3. The Hall–Kier alpha value is -1.77. The van der Waals surface area contributed by atoms with Gasteiger partial charge in [0, 0.05) is 6.07 Å². The summed E-state index contributed by atoms with van der Waals surface area (Å²) in [5, 5.41) is 0. The van der Waals surface area contributed by atoms with Gasteiger partial charge in [0.25, 0.3) is 0 Å². The van der Waals surface area contributed by atoms with E-state index in [1.807, 2.05) is 6.08 Å². The molecule has 1 aromatic rings. The van der Waals surface area contributed by atoms with Crippen LogP contribution in [0.4, 0.5) is 0 Å². The largest absolute Gasteiger partial charge is 0.496 e. The molecular weight excluding hydrogens is 288 g/mol. The van der Waals surface area contributed by atoms with Crippen molar-refractivity contribution in [3.05, 3.63) is 45.5 Å². The first-order valence-electron chi connectivity index (χ1n) is 8.39. The van der Waals surface area contributed by atoms with Crippen molar-refractivity contribution < 1.29 is 9.15 Å². The highest BCUT2D eigenvalue weighted by atomic mass is 16.5. The van der Waals surface area contributed by atoms with Crippen molar-refractivity contribution in [1.29, 1.82) is 0 Å². The van der Waals surface area contributed by atoms with E-state index in [4.69, 9.17) is 9.15 Å². The van der Waals surface area contributed by atoms with Crippen LogP contribution in [-0.2, 0) is 0 Å². The predicted molar refractivity (Wildman–Crippen MR) is 94.7 cm³/mol. The van der Waals surface area contributed by atoms with Crippen LogP contribution in [0.25, 0.3) is 6.08 Å². The Morgan fingerprint density at radius 1 is 1.48 bits per heavy atom. The Morgan fingerprint density at radius 2 is 2.22 bits per heavy atom. The molecule has 0 saturated heterocycles. The molecule has 1 aliphatic carbocycles. The average molecular weight is 316 g/mol. The van der Waals surface area contributed by atoms with Crippen molar-refractivity contribution in [2.24, 2.45) is 11.3 Å². The fourth-order valence-electron chi connectivity index (χ4n) is 3.37. The summed E-state index contributed by atoms with van der Waals surface area (Å²) in [6.07, 6.45) is 8.91. The van der Waals surface area contributed by atoms with E-state index in [1.54, 1.807) is 13.2 Å². The highest BCUT2D eigenvalue weighted by molar-refractivity contribution is 5.48. The van der Waals surface area contributed by atoms with E-state index in [0.717, 1.165) is 12.8 Å². The van der Waals surface area contributed by atoms with Crippen molar-refractivity contribution in [3.63, 3.8) is 0 Å². The van der Waals surface area contributed by atoms with Gasteiger partial charge in [-0.25, -0.2) is 4.79 Å². The number of hydrogen-bond acceptors (Lipinski definition) is 3. The van der Waals surface area contributed by atoms with Gasteiger partial charge in [-0.15, -0.1) is 0 Å². The average Bonchev–Trinajstić information content (AvgIpc) is 2.50. The van der Waals surface area contributed by atoms with Gasteiger partial charge < -0.3 is 9.15 Å². The van der Waals surface area contributed by atoms with Crippen LogP contribution in [0.5, 0.6) is 5.75 Å². The maximum absolute atomic E-state index is 11.5. The van der Waals surface area contributed by atoms with Crippen molar-refractivity contribution >= 4 is 6.08 Å². The minimum absolute atomic E-state index is 0.266. The first-order valence-corrected chi connectivity index (χ1v) is 8.39. The van der Waals surface area contributed by atoms with Crippen molar-refractivity contribution in [3.8, 4) is 5.75 Å². The second kappa shape index (κ2) is 7.20. The number of ether oxygens (including phenoxy) is 1. The van der Waals surface area contributed by atoms with Crippen LogP contribution in [0.1, 0.15) is 59.1 Å². The lowest BCUT2D eigenvalue weighted by Gasteiger charge is -2.40. The molecule has 126 valence electrons.